The molecule has 0 radical (unpaired) electrons. The summed E-state index contributed by atoms with van der Waals surface area (Å²) < 4.78 is 24.4. The summed E-state index contributed by atoms with van der Waals surface area (Å²) in [5.41, 5.74) is 0.415. The summed E-state index contributed by atoms with van der Waals surface area (Å²) in [6, 6.07) is 19.8. The Labute approximate surface area is 276 Å². The lowest BCUT2D eigenvalue weighted by atomic mass is 10.1. The van der Waals surface area contributed by atoms with E-state index >= 15 is 0 Å². The van der Waals surface area contributed by atoms with E-state index in [1.165, 1.54) is 12.0 Å². The molecule has 3 aromatic rings. The van der Waals surface area contributed by atoms with Gasteiger partial charge in [-0.15, -0.1) is 0 Å². The molecule has 1 N–H and O–H groups in total. The first kappa shape index (κ1) is 34.6. The van der Waals surface area contributed by atoms with E-state index in [4.69, 9.17) is 41.8 Å². The number of rotatable bonds is 10. The molecule has 1 aliphatic rings. The van der Waals surface area contributed by atoms with Crippen molar-refractivity contribution >= 4 is 54.0 Å². The predicted octanol–water partition coefficient (Wildman–Crippen LogP) is 6.95. The van der Waals surface area contributed by atoms with Crippen molar-refractivity contribution in [3.05, 3.63) is 81.8 Å². The average Bonchev–Trinajstić information content (AvgIpc) is 3.42. The predicted molar refractivity (Wildman–Crippen MR) is 179 cm³/mol. The second kappa shape index (κ2) is 14.0. The van der Waals surface area contributed by atoms with Crippen LogP contribution in [0.4, 0.5) is 4.79 Å². The van der Waals surface area contributed by atoms with Gasteiger partial charge in [0, 0.05) is 6.54 Å². The number of carboxylic acid groups (broad SMARTS) is 1. The zero-order valence-electron chi connectivity index (χ0n) is 26.7. The molecule has 45 heavy (non-hydrogen) atoms. The molecule has 0 spiro atoms. The fourth-order valence-corrected chi connectivity index (χ4v) is 11.2. The molecule has 1 aliphatic heterocycles. The number of halogens is 2. The molecule has 4 rings (SSSR count). The number of hydrogen-bond acceptors (Lipinski definition) is 6. The first-order valence-electron chi connectivity index (χ1n) is 14.9. The van der Waals surface area contributed by atoms with Gasteiger partial charge in [-0.25, -0.2) is 9.59 Å². The molecule has 3 aromatic carbocycles. The third-order valence-electron chi connectivity index (χ3n) is 8.06. The highest BCUT2D eigenvalue weighted by molar-refractivity contribution is 6.99. The minimum atomic E-state index is -2.94. The van der Waals surface area contributed by atoms with Crippen molar-refractivity contribution in [1.29, 1.82) is 0 Å². The Balaban J connectivity index is 1.71. The van der Waals surface area contributed by atoms with Gasteiger partial charge in [0.2, 0.25) is 0 Å². The molecule has 242 valence electrons. The standard InChI is InChI=1S/C34H41Cl2NO7Si/c1-21(2)43-31-27(32(38)41-7)30(28(35)22(3)29(31)36)42-20-23-18-24(19-37(23)33(39)40)44-45(34(4,5)6,25-14-10-8-11-15-25)26-16-12-9-13-17-26/h8-17,21,23-24H,18-20H2,1-7H3,(H,39,40)/t23-,24-/m1/s1. The number of likely N-dealkylation sites (tertiary alicyclic amines) is 1. The number of hydrogen-bond donors (Lipinski definition) is 1. The fraction of sp³-hybridized carbons (Fsp3) is 0.412. The number of ether oxygens (including phenoxy) is 3. The molecule has 0 aliphatic carbocycles. The van der Waals surface area contributed by atoms with Gasteiger partial charge in [0.15, 0.2) is 11.5 Å². The molecule has 1 fully saturated rings. The van der Waals surface area contributed by atoms with Gasteiger partial charge in [0.25, 0.3) is 8.32 Å². The van der Waals surface area contributed by atoms with Crippen LogP contribution in [-0.4, -0.2) is 68.9 Å². The molecule has 1 heterocycles. The number of methoxy groups -OCH3 is 1. The molecule has 11 heteroatoms. The molecular weight excluding hydrogens is 633 g/mol. The van der Waals surface area contributed by atoms with Crippen molar-refractivity contribution in [2.24, 2.45) is 0 Å². The highest BCUT2D eigenvalue weighted by Crippen LogP contribution is 2.46. The van der Waals surface area contributed by atoms with Crippen molar-refractivity contribution in [3.63, 3.8) is 0 Å². The van der Waals surface area contributed by atoms with E-state index in [9.17, 15) is 14.7 Å². The topological polar surface area (TPSA) is 94.5 Å². The lowest BCUT2D eigenvalue weighted by Crippen LogP contribution is -2.67. The van der Waals surface area contributed by atoms with Crippen molar-refractivity contribution < 1.29 is 33.3 Å². The van der Waals surface area contributed by atoms with Gasteiger partial charge < -0.3 is 23.7 Å². The maximum Gasteiger partial charge on any atom is 0.407 e. The third-order valence-corrected chi connectivity index (χ3v) is 14.1. The number of carbonyl (C=O) groups is 2. The van der Waals surface area contributed by atoms with E-state index in [1.54, 1.807) is 20.8 Å². The van der Waals surface area contributed by atoms with Crippen LogP contribution in [-0.2, 0) is 9.16 Å². The van der Waals surface area contributed by atoms with E-state index in [0.29, 0.717) is 12.0 Å². The summed E-state index contributed by atoms with van der Waals surface area (Å²) in [5.74, 6) is -0.605. The van der Waals surface area contributed by atoms with Crippen LogP contribution in [0.5, 0.6) is 11.5 Å². The smallest absolute Gasteiger partial charge is 0.407 e. The van der Waals surface area contributed by atoms with E-state index in [-0.39, 0.29) is 51.4 Å². The van der Waals surface area contributed by atoms with Crippen molar-refractivity contribution in [1.82, 2.24) is 4.90 Å². The Morgan fingerprint density at radius 2 is 1.51 bits per heavy atom. The van der Waals surface area contributed by atoms with Gasteiger partial charge in [-0.3, -0.25) is 4.90 Å². The zero-order valence-corrected chi connectivity index (χ0v) is 29.2. The second-order valence-electron chi connectivity index (χ2n) is 12.5. The Kier molecular flexibility index (Phi) is 10.8. The van der Waals surface area contributed by atoms with Crippen LogP contribution >= 0.6 is 23.2 Å². The third kappa shape index (κ3) is 6.96. The summed E-state index contributed by atoms with van der Waals surface area (Å²) in [6.07, 6.45) is -1.43. The normalized spacial score (nSPS) is 17.0. The van der Waals surface area contributed by atoms with Crippen LogP contribution in [0.2, 0.25) is 15.1 Å². The summed E-state index contributed by atoms with van der Waals surface area (Å²) in [7, 11) is -1.70. The number of carbonyl (C=O) groups excluding carboxylic acids is 1. The summed E-state index contributed by atoms with van der Waals surface area (Å²) >= 11 is 13.2. The van der Waals surface area contributed by atoms with Crippen LogP contribution in [0.3, 0.4) is 0 Å². The first-order valence-corrected chi connectivity index (χ1v) is 17.6. The molecule has 0 bridgehead atoms. The minimum absolute atomic E-state index is 0.0303. The molecular formula is C34H41Cl2NO7Si. The molecule has 0 unspecified atom stereocenters. The number of benzene rings is 3. The van der Waals surface area contributed by atoms with Gasteiger partial charge in [-0.1, -0.05) is 105 Å². The van der Waals surface area contributed by atoms with Gasteiger partial charge in [0.05, 0.1) is 35.4 Å². The van der Waals surface area contributed by atoms with E-state index in [1.807, 2.05) is 36.4 Å². The van der Waals surface area contributed by atoms with Crippen LogP contribution < -0.4 is 19.8 Å². The van der Waals surface area contributed by atoms with E-state index in [0.717, 1.165) is 10.4 Å². The quantitative estimate of drug-likeness (QED) is 0.184. The molecule has 0 aromatic heterocycles. The molecule has 2 atom stereocenters. The Morgan fingerprint density at radius 3 is 1.98 bits per heavy atom. The molecule has 8 nitrogen and oxygen atoms in total. The number of esters is 1. The Hall–Kier alpha value is -3.24. The van der Waals surface area contributed by atoms with E-state index in [2.05, 4.69) is 45.0 Å². The monoisotopic (exact) mass is 673 g/mol. The highest BCUT2D eigenvalue weighted by atomic mass is 35.5. The van der Waals surface area contributed by atoms with Gasteiger partial charge in [-0.2, -0.15) is 0 Å². The molecule has 1 saturated heterocycles. The maximum atomic E-state index is 13.0. The van der Waals surface area contributed by atoms with Gasteiger partial charge in [-0.05, 0) is 48.2 Å². The minimum Gasteiger partial charge on any atom is -0.489 e. The zero-order chi connectivity index (χ0) is 33.1. The van der Waals surface area contributed by atoms with Gasteiger partial charge >= 0.3 is 12.1 Å². The van der Waals surface area contributed by atoms with Crippen molar-refractivity contribution in [2.45, 2.75) is 71.3 Å². The summed E-state index contributed by atoms with van der Waals surface area (Å²) in [6.45, 7) is 11.9. The SMILES string of the molecule is COC(=O)c1c(OC[C@H]2C[C@@H](O[Si](c3ccccc3)(c3ccccc3)C(C)(C)C)CN2C(=O)O)c(Cl)c(C)c(Cl)c1OC(C)C. The van der Waals surface area contributed by atoms with Crippen molar-refractivity contribution in [3.8, 4) is 11.5 Å². The van der Waals surface area contributed by atoms with Crippen LogP contribution in [0.1, 0.15) is 57.0 Å². The van der Waals surface area contributed by atoms with E-state index < -0.39 is 32.5 Å². The first-order chi connectivity index (χ1) is 21.2. The maximum absolute atomic E-state index is 13.0. The number of nitrogens with zero attached hydrogens (tertiary/aromatic N) is 1. The fourth-order valence-electron chi connectivity index (χ4n) is 6.00. The van der Waals surface area contributed by atoms with Crippen LogP contribution in [0.15, 0.2) is 60.7 Å². The molecule has 1 amide bonds. The van der Waals surface area contributed by atoms with Gasteiger partial charge in [0.1, 0.15) is 12.2 Å². The molecule has 0 saturated carbocycles. The largest absolute Gasteiger partial charge is 0.489 e. The lowest BCUT2D eigenvalue weighted by molar-refractivity contribution is 0.0586. The second-order valence-corrected chi connectivity index (χ2v) is 17.5. The number of amides is 1. The average molecular weight is 675 g/mol. The van der Waals surface area contributed by atoms with Crippen molar-refractivity contribution in [2.75, 3.05) is 20.3 Å². The van der Waals surface area contributed by atoms with Crippen LogP contribution in [0, 0.1) is 6.92 Å². The Morgan fingerprint density at radius 1 is 0.978 bits per heavy atom. The highest BCUT2D eigenvalue weighted by Gasteiger charge is 2.53. The summed E-state index contributed by atoms with van der Waals surface area (Å²) in [4.78, 5) is 26.8. The Bertz CT molecular complexity index is 1470. The van der Waals surface area contributed by atoms with Crippen LogP contribution in [0.25, 0.3) is 0 Å². The summed E-state index contributed by atoms with van der Waals surface area (Å²) in [5, 5.41) is 12.5. The lowest BCUT2D eigenvalue weighted by Gasteiger charge is -2.44.